The van der Waals surface area contributed by atoms with Crippen LogP contribution in [-0.4, -0.2) is 49.6 Å². The summed E-state index contributed by atoms with van der Waals surface area (Å²) in [5, 5.41) is 8.92. The number of esters is 2. The zero-order chi connectivity index (χ0) is 22.6. The fourth-order valence-electron chi connectivity index (χ4n) is 4.10. The molecule has 1 heterocycles. The van der Waals surface area contributed by atoms with E-state index in [1.165, 1.54) is 14.2 Å². The van der Waals surface area contributed by atoms with Gasteiger partial charge in [0.1, 0.15) is 0 Å². The standard InChI is InChI=1S/C24H24N2O5/c1-16-14-24(22(28)30-2,23(29)31-3)12-13-26(16)21(27)20-10-8-19(9-11-20)18-6-4-17(15-25)5-7-18/h4-11,16H,12-14H2,1-3H3. The molecule has 0 N–H and O–H groups in total. The molecule has 0 radical (unpaired) electrons. The zero-order valence-corrected chi connectivity index (χ0v) is 17.8. The number of ether oxygens (including phenoxy) is 2. The topological polar surface area (TPSA) is 96.7 Å². The van der Waals surface area contributed by atoms with Gasteiger partial charge in [-0.15, -0.1) is 0 Å². The summed E-state index contributed by atoms with van der Waals surface area (Å²) in [6.07, 6.45) is 0.285. The lowest BCUT2D eigenvalue weighted by Gasteiger charge is -2.42. The Morgan fingerprint density at radius 1 is 0.968 bits per heavy atom. The Bertz CT molecular complexity index is 1010. The number of carbonyl (C=O) groups excluding carboxylic acids is 3. The van der Waals surface area contributed by atoms with Gasteiger partial charge >= 0.3 is 11.9 Å². The van der Waals surface area contributed by atoms with Crippen molar-refractivity contribution in [2.75, 3.05) is 20.8 Å². The number of piperidine rings is 1. The van der Waals surface area contributed by atoms with Gasteiger partial charge in [-0.1, -0.05) is 24.3 Å². The lowest BCUT2D eigenvalue weighted by atomic mass is 9.75. The van der Waals surface area contributed by atoms with Crippen LogP contribution in [0.25, 0.3) is 11.1 Å². The molecule has 160 valence electrons. The highest BCUT2D eigenvalue weighted by Gasteiger charge is 2.53. The number of benzene rings is 2. The zero-order valence-electron chi connectivity index (χ0n) is 17.8. The fourth-order valence-corrected chi connectivity index (χ4v) is 4.10. The van der Waals surface area contributed by atoms with E-state index in [2.05, 4.69) is 6.07 Å². The normalized spacial score (nSPS) is 17.4. The highest BCUT2D eigenvalue weighted by molar-refractivity contribution is 6.01. The maximum Gasteiger partial charge on any atom is 0.323 e. The Kier molecular flexibility index (Phi) is 6.40. The Labute approximate surface area is 181 Å². The maximum atomic E-state index is 13.1. The van der Waals surface area contributed by atoms with Gasteiger partial charge in [-0.2, -0.15) is 5.26 Å². The van der Waals surface area contributed by atoms with E-state index in [9.17, 15) is 14.4 Å². The monoisotopic (exact) mass is 420 g/mol. The van der Waals surface area contributed by atoms with Crippen molar-refractivity contribution < 1.29 is 23.9 Å². The summed E-state index contributed by atoms with van der Waals surface area (Å²) >= 11 is 0. The quantitative estimate of drug-likeness (QED) is 0.557. The third kappa shape index (κ3) is 4.15. The average Bonchev–Trinajstić information content (AvgIpc) is 2.82. The van der Waals surface area contributed by atoms with Crippen LogP contribution >= 0.6 is 0 Å². The fraction of sp³-hybridized carbons (Fsp3) is 0.333. The molecule has 0 bridgehead atoms. The Morgan fingerprint density at radius 2 is 1.48 bits per heavy atom. The number of amides is 1. The second-order valence-corrected chi connectivity index (χ2v) is 7.63. The first-order valence-electron chi connectivity index (χ1n) is 9.94. The minimum Gasteiger partial charge on any atom is -0.468 e. The lowest BCUT2D eigenvalue weighted by molar-refractivity contribution is -0.173. The van der Waals surface area contributed by atoms with Crippen LogP contribution in [0.2, 0.25) is 0 Å². The van der Waals surface area contributed by atoms with E-state index in [0.717, 1.165) is 11.1 Å². The van der Waals surface area contributed by atoms with Crippen molar-refractivity contribution in [2.45, 2.75) is 25.8 Å². The van der Waals surface area contributed by atoms with Crippen molar-refractivity contribution in [3.63, 3.8) is 0 Å². The van der Waals surface area contributed by atoms with E-state index in [-0.39, 0.29) is 31.3 Å². The lowest BCUT2D eigenvalue weighted by Crippen LogP contribution is -2.55. The highest BCUT2D eigenvalue weighted by atomic mass is 16.5. The number of methoxy groups -OCH3 is 2. The molecular formula is C24H24N2O5. The van der Waals surface area contributed by atoms with Crippen LogP contribution in [-0.2, 0) is 19.1 Å². The molecule has 1 atom stereocenters. The summed E-state index contributed by atoms with van der Waals surface area (Å²) < 4.78 is 9.71. The third-order valence-corrected chi connectivity index (χ3v) is 5.85. The number of carbonyl (C=O) groups is 3. The van der Waals surface area contributed by atoms with Gasteiger partial charge < -0.3 is 14.4 Å². The number of rotatable bonds is 4. The van der Waals surface area contributed by atoms with Gasteiger partial charge in [0.15, 0.2) is 5.41 Å². The maximum absolute atomic E-state index is 13.1. The molecule has 1 saturated heterocycles. The summed E-state index contributed by atoms with van der Waals surface area (Å²) in [4.78, 5) is 39.5. The molecule has 0 aliphatic carbocycles. The van der Waals surface area contributed by atoms with Crippen molar-refractivity contribution in [3.05, 3.63) is 59.7 Å². The Balaban J connectivity index is 1.76. The average molecular weight is 420 g/mol. The van der Waals surface area contributed by atoms with Crippen LogP contribution in [0.15, 0.2) is 48.5 Å². The van der Waals surface area contributed by atoms with Gasteiger partial charge in [-0.25, -0.2) is 0 Å². The van der Waals surface area contributed by atoms with Crippen molar-refractivity contribution in [1.29, 1.82) is 5.26 Å². The van der Waals surface area contributed by atoms with Crippen LogP contribution in [0.3, 0.4) is 0 Å². The van der Waals surface area contributed by atoms with E-state index in [1.807, 2.05) is 31.2 Å². The predicted molar refractivity (Wildman–Crippen MR) is 113 cm³/mol. The van der Waals surface area contributed by atoms with Gasteiger partial charge in [0.2, 0.25) is 0 Å². The van der Waals surface area contributed by atoms with E-state index >= 15 is 0 Å². The molecule has 0 saturated carbocycles. The van der Waals surface area contributed by atoms with Crippen molar-refractivity contribution in [1.82, 2.24) is 4.90 Å². The molecule has 1 unspecified atom stereocenters. The first kappa shape index (κ1) is 22.0. The summed E-state index contributed by atoms with van der Waals surface area (Å²) in [6, 6.07) is 16.2. The van der Waals surface area contributed by atoms with Crippen molar-refractivity contribution in [3.8, 4) is 17.2 Å². The van der Waals surface area contributed by atoms with Gasteiger partial charge in [0, 0.05) is 18.2 Å². The molecule has 7 nitrogen and oxygen atoms in total. The number of likely N-dealkylation sites (tertiary alicyclic amines) is 1. The van der Waals surface area contributed by atoms with Crippen molar-refractivity contribution in [2.24, 2.45) is 5.41 Å². The molecule has 31 heavy (non-hydrogen) atoms. The van der Waals surface area contributed by atoms with Gasteiger partial charge in [-0.3, -0.25) is 14.4 Å². The molecular weight excluding hydrogens is 396 g/mol. The van der Waals surface area contributed by atoms with Gasteiger partial charge in [-0.05, 0) is 55.2 Å². The minimum atomic E-state index is -1.39. The molecule has 1 aliphatic heterocycles. The number of nitrogens with zero attached hydrogens (tertiary/aromatic N) is 2. The number of nitriles is 1. The molecule has 3 rings (SSSR count). The third-order valence-electron chi connectivity index (χ3n) is 5.85. The van der Waals surface area contributed by atoms with Crippen LogP contribution in [0.5, 0.6) is 0 Å². The Hall–Kier alpha value is -3.66. The number of hydrogen-bond acceptors (Lipinski definition) is 6. The minimum absolute atomic E-state index is 0.140. The SMILES string of the molecule is COC(=O)C1(C(=O)OC)CCN(C(=O)c2ccc(-c3ccc(C#N)cc3)cc2)C(C)C1. The van der Waals surface area contributed by atoms with Gasteiger partial charge in [0.25, 0.3) is 5.91 Å². The first-order valence-corrected chi connectivity index (χ1v) is 9.94. The van der Waals surface area contributed by atoms with Crippen LogP contribution in [0, 0.1) is 16.7 Å². The second-order valence-electron chi connectivity index (χ2n) is 7.63. The van der Waals surface area contributed by atoms with Gasteiger partial charge in [0.05, 0.1) is 25.9 Å². The summed E-state index contributed by atoms with van der Waals surface area (Å²) in [6.45, 7) is 2.05. The van der Waals surface area contributed by atoms with E-state index in [1.54, 1.807) is 29.2 Å². The van der Waals surface area contributed by atoms with Crippen molar-refractivity contribution >= 4 is 17.8 Å². The first-order chi connectivity index (χ1) is 14.9. The highest BCUT2D eigenvalue weighted by Crippen LogP contribution is 2.38. The second kappa shape index (κ2) is 9.00. The molecule has 2 aromatic carbocycles. The van der Waals surface area contributed by atoms with Crippen LogP contribution < -0.4 is 0 Å². The molecule has 0 spiro atoms. The molecule has 1 amide bonds. The largest absolute Gasteiger partial charge is 0.468 e. The summed E-state index contributed by atoms with van der Waals surface area (Å²) in [5.74, 6) is -1.43. The molecule has 1 aliphatic rings. The van der Waals surface area contributed by atoms with Crippen LogP contribution in [0.4, 0.5) is 0 Å². The van der Waals surface area contributed by atoms with E-state index in [0.29, 0.717) is 11.1 Å². The molecule has 0 aromatic heterocycles. The van der Waals surface area contributed by atoms with E-state index < -0.39 is 17.4 Å². The number of hydrogen-bond donors (Lipinski definition) is 0. The summed E-state index contributed by atoms with van der Waals surface area (Å²) in [5.41, 5.74) is 1.60. The van der Waals surface area contributed by atoms with E-state index in [4.69, 9.17) is 14.7 Å². The Morgan fingerprint density at radius 3 is 1.94 bits per heavy atom. The smallest absolute Gasteiger partial charge is 0.323 e. The molecule has 1 fully saturated rings. The van der Waals surface area contributed by atoms with Crippen LogP contribution in [0.1, 0.15) is 35.7 Å². The molecule has 2 aromatic rings. The molecule has 7 heteroatoms. The predicted octanol–water partition coefficient (Wildman–Crippen LogP) is 3.18. The summed E-state index contributed by atoms with van der Waals surface area (Å²) in [7, 11) is 2.48.